The summed E-state index contributed by atoms with van der Waals surface area (Å²) in [6, 6.07) is 7.16. The fourth-order valence-electron chi connectivity index (χ4n) is 4.95. The lowest BCUT2D eigenvalue weighted by Gasteiger charge is -2.42. The number of nitrogens with one attached hydrogen (secondary N) is 1. The first-order chi connectivity index (χ1) is 12.2. The first kappa shape index (κ1) is 17.2. The SMILES string of the molecule is CC(C)CCOc1ccc2c(c1)[C@H]1OCC[C@H]1[C@H](C1CCCCC1)N2. The molecule has 0 unspecified atom stereocenters. The molecule has 0 spiro atoms. The summed E-state index contributed by atoms with van der Waals surface area (Å²) >= 11 is 0. The molecular formula is C22H33NO2. The number of hydrogen-bond donors (Lipinski definition) is 1. The number of rotatable bonds is 5. The van der Waals surface area contributed by atoms with Crippen LogP contribution in [0.5, 0.6) is 5.75 Å². The standard InChI is InChI=1S/C22H33NO2/c1-15(2)10-12-24-17-8-9-20-19(14-17)22-18(11-13-25-22)21(23-20)16-6-4-3-5-7-16/h8-9,14-16,18,21-23H,3-7,10-13H2,1-2H3/t18-,21-,22-/m0/s1. The van der Waals surface area contributed by atoms with Gasteiger partial charge < -0.3 is 14.8 Å². The summed E-state index contributed by atoms with van der Waals surface area (Å²) in [6.07, 6.45) is 9.53. The molecule has 1 aromatic carbocycles. The van der Waals surface area contributed by atoms with Crippen molar-refractivity contribution in [2.75, 3.05) is 18.5 Å². The van der Waals surface area contributed by atoms with Crippen LogP contribution in [0.25, 0.3) is 0 Å². The van der Waals surface area contributed by atoms with Crippen molar-refractivity contribution in [1.82, 2.24) is 0 Å². The van der Waals surface area contributed by atoms with E-state index >= 15 is 0 Å². The lowest BCUT2D eigenvalue weighted by atomic mass is 9.73. The monoisotopic (exact) mass is 343 g/mol. The van der Waals surface area contributed by atoms with Crippen LogP contribution in [0.15, 0.2) is 18.2 Å². The molecular weight excluding hydrogens is 310 g/mol. The number of benzene rings is 1. The Labute approximate surface area is 152 Å². The van der Waals surface area contributed by atoms with Crippen LogP contribution in [-0.2, 0) is 4.74 Å². The van der Waals surface area contributed by atoms with Gasteiger partial charge in [-0.1, -0.05) is 33.1 Å². The molecule has 1 saturated carbocycles. The number of fused-ring (bicyclic) bond motifs is 3. The van der Waals surface area contributed by atoms with Gasteiger partial charge in [0.15, 0.2) is 0 Å². The van der Waals surface area contributed by atoms with Crippen molar-refractivity contribution < 1.29 is 9.47 Å². The topological polar surface area (TPSA) is 30.5 Å². The Morgan fingerprint density at radius 3 is 2.80 bits per heavy atom. The molecule has 3 atom stereocenters. The van der Waals surface area contributed by atoms with Crippen LogP contribution in [0.3, 0.4) is 0 Å². The second-order valence-electron chi connectivity index (χ2n) is 8.59. The zero-order chi connectivity index (χ0) is 17.2. The molecule has 1 aromatic rings. The zero-order valence-corrected chi connectivity index (χ0v) is 15.8. The predicted octanol–water partition coefficient (Wildman–Crippen LogP) is 5.56. The van der Waals surface area contributed by atoms with E-state index in [2.05, 4.69) is 37.4 Å². The van der Waals surface area contributed by atoms with Crippen LogP contribution in [0.1, 0.15) is 70.5 Å². The van der Waals surface area contributed by atoms with Crippen molar-refractivity contribution in [3.63, 3.8) is 0 Å². The molecule has 1 N–H and O–H groups in total. The average molecular weight is 344 g/mol. The molecule has 0 radical (unpaired) electrons. The minimum absolute atomic E-state index is 0.261. The normalized spacial score (nSPS) is 29.2. The maximum absolute atomic E-state index is 6.21. The summed E-state index contributed by atoms with van der Waals surface area (Å²) in [5.41, 5.74) is 2.59. The quantitative estimate of drug-likeness (QED) is 0.759. The Hall–Kier alpha value is -1.22. The van der Waals surface area contributed by atoms with Gasteiger partial charge in [0.1, 0.15) is 5.75 Å². The van der Waals surface area contributed by atoms with Gasteiger partial charge in [-0.25, -0.2) is 0 Å². The minimum Gasteiger partial charge on any atom is -0.494 e. The van der Waals surface area contributed by atoms with Gasteiger partial charge in [0.25, 0.3) is 0 Å². The summed E-state index contributed by atoms with van der Waals surface area (Å²) in [4.78, 5) is 0. The summed E-state index contributed by atoms with van der Waals surface area (Å²) in [6.45, 7) is 6.17. The molecule has 0 bridgehead atoms. The number of hydrogen-bond acceptors (Lipinski definition) is 3. The largest absolute Gasteiger partial charge is 0.494 e. The highest BCUT2D eigenvalue weighted by atomic mass is 16.5. The van der Waals surface area contributed by atoms with Crippen molar-refractivity contribution in [2.45, 2.75) is 70.9 Å². The zero-order valence-electron chi connectivity index (χ0n) is 15.8. The fourth-order valence-corrected chi connectivity index (χ4v) is 4.95. The maximum Gasteiger partial charge on any atom is 0.119 e. The van der Waals surface area contributed by atoms with E-state index in [1.54, 1.807) is 0 Å². The van der Waals surface area contributed by atoms with E-state index in [0.29, 0.717) is 17.9 Å². The van der Waals surface area contributed by atoms with Crippen LogP contribution in [0.2, 0.25) is 0 Å². The molecule has 2 aliphatic heterocycles. The Morgan fingerprint density at radius 1 is 1.16 bits per heavy atom. The summed E-state index contributed by atoms with van der Waals surface area (Å²) in [5, 5.41) is 3.90. The fraction of sp³-hybridized carbons (Fsp3) is 0.727. The first-order valence-corrected chi connectivity index (χ1v) is 10.4. The smallest absolute Gasteiger partial charge is 0.119 e. The molecule has 4 rings (SSSR count). The van der Waals surface area contributed by atoms with E-state index in [-0.39, 0.29) is 6.10 Å². The van der Waals surface area contributed by atoms with Crippen molar-refractivity contribution >= 4 is 5.69 Å². The summed E-state index contributed by atoms with van der Waals surface area (Å²) in [5.74, 6) is 3.12. The Bertz CT molecular complexity index is 579. The lowest BCUT2D eigenvalue weighted by Crippen LogP contribution is -2.42. The van der Waals surface area contributed by atoms with Crippen molar-refractivity contribution in [2.24, 2.45) is 17.8 Å². The molecule has 138 valence electrons. The Morgan fingerprint density at radius 2 is 2.00 bits per heavy atom. The van der Waals surface area contributed by atoms with E-state index in [4.69, 9.17) is 9.47 Å². The van der Waals surface area contributed by atoms with Gasteiger partial charge in [-0.3, -0.25) is 0 Å². The molecule has 0 amide bonds. The van der Waals surface area contributed by atoms with E-state index < -0.39 is 0 Å². The third kappa shape index (κ3) is 3.67. The summed E-state index contributed by atoms with van der Waals surface area (Å²) in [7, 11) is 0. The van der Waals surface area contributed by atoms with Gasteiger partial charge in [-0.2, -0.15) is 0 Å². The Balaban J connectivity index is 1.52. The third-order valence-electron chi connectivity index (χ3n) is 6.37. The second-order valence-corrected chi connectivity index (χ2v) is 8.59. The molecule has 25 heavy (non-hydrogen) atoms. The van der Waals surface area contributed by atoms with Crippen molar-refractivity contribution in [3.05, 3.63) is 23.8 Å². The summed E-state index contributed by atoms with van der Waals surface area (Å²) < 4.78 is 12.2. The maximum atomic E-state index is 6.21. The van der Waals surface area contributed by atoms with Gasteiger partial charge in [-0.05, 0) is 55.7 Å². The van der Waals surface area contributed by atoms with Gasteiger partial charge in [0.05, 0.1) is 12.7 Å². The average Bonchev–Trinajstić information content (AvgIpc) is 3.11. The van der Waals surface area contributed by atoms with Crippen LogP contribution >= 0.6 is 0 Å². The van der Waals surface area contributed by atoms with Gasteiger partial charge in [0, 0.05) is 29.8 Å². The first-order valence-electron chi connectivity index (χ1n) is 10.4. The van der Waals surface area contributed by atoms with Gasteiger partial charge >= 0.3 is 0 Å². The number of ether oxygens (including phenoxy) is 2. The van der Waals surface area contributed by atoms with Crippen LogP contribution in [-0.4, -0.2) is 19.3 Å². The molecule has 3 heteroatoms. The van der Waals surface area contributed by atoms with E-state index in [9.17, 15) is 0 Å². The highest BCUT2D eigenvalue weighted by Gasteiger charge is 2.43. The molecule has 3 aliphatic rings. The highest BCUT2D eigenvalue weighted by Crippen LogP contribution is 2.49. The lowest BCUT2D eigenvalue weighted by molar-refractivity contribution is 0.0729. The Kier molecular flexibility index (Phi) is 5.21. The molecule has 2 heterocycles. The van der Waals surface area contributed by atoms with Crippen molar-refractivity contribution in [3.8, 4) is 5.75 Å². The number of anilines is 1. The molecule has 1 aliphatic carbocycles. The predicted molar refractivity (Wildman–Crippen MR) is 102 cm³/mol. The highest BCUT2D eigenvalue weighted by molar-refractivity contribution is 5.58. The molecule has 0 aromatic heterocycles. The third-order valence-corrected chi connectivity index (χ3v) is 6.37. The van der Waals surface area contributed by atoms with Crippen LogP contribution < -0.4 is 10.1 Å². The van der Waals surface area contributed by atoms with Gasteiger partial charge in [0.2, 0.25) is 0 Å². The molecule has 1 saturated heterocycles. The van der Waals surface area contributed by atoms with E-state index in [0.717, 1.165) is 31.3 Å². The molecule has 2 fully saturated rings. The van der Waals surface area contributed by atoms with Crippen molar-refractivity contribution in [1.29, 1.82) is 0 Å². The van der Waals surface area contributed by atoms with Crippen LogP contribution in [0, 0.1) is 17.8 Å². The second kappa shape index (κ2) is 7.57. The van der Waals surface area contributed by atoms with E-state index in [1.807, 2.05) is 0 Å². The molecule has 3 nitrogen and oxygen atoms in total. The van der Waals surface area contributed by atoms with Gasteiger partial charge in [-0.15, -0.1) is 0 Å². The minimum atomic E-state index is 0.261. The van der Waals surface area contributed by atoms with Crippen LogP contribution in [0.4, 0.5) is 5.69 Å². The van der Waals surface area contributed by atoms with E-state index in [1.165, 1.54) is 49.8 Å².